The average molecular weight is 453 g/mol. The number of methoxy groups -OCH3 is 1. The minimum Gasteiger partial charge on any atom is -0.493 e. The lowest BCUT2D eigenvalue weighted by Gasteiger charge is -2.26. The Kier molecular flexibility index (Phi) is 7.36. The molecule has 1 aliphatic carbocycles. The first-order valence-corrected chi connectivity index (χ1v) is 10.9. The zero-order chi connectivity index (χ0) is 23.0. The molecule has 2 heterocycles. The number of carbonyl (C=O) groups is 1. The van der Waals surface area contributed by atoms with Gasteiger partial charge in [0, 0.05) is 24.3 Å². The number of anilines is 3. The third-order valence-electron chi connectivity index (χ3n) is 5.38. The largest absolute Gasteiger partial charge is 0.493 e. The first kappa shape index (κ1) is 22.5. The van der Waals surface area contributed by atoms with Crippen molar-refractivity contribution in [1.82, 2.24) is 15.0 Å². The number of benzene rings is 1. The number of ether oxygens (including phenoxy) is 3. The van der Waals surface area contributed by atoms with E-state index in [4.69, 9.17) is 14.2 Å². The molecular formula is C23H27N5O5. The maximum atomic E-state index is 12.2. The second-order valence-electron chi connectivity index (χ2n) is 7.75. The molecule has 1 unspecified atom stereocenters. The van der Waals surface area contributed by atoms with Crippen LogP contribution in [0, 0.1) is 5.92 Å². The number of carbonyl (C=O) groups excluding carboxylic acids is 1. The lowest BCUT2D eigenvalue weighted by molar-refractivity contribution is 0.0595. The molecule has 4 bridgehead atoms. The highest BCUT2D eigenvalue weighted by Gasteiger charge is 2.22. The summed E-state index contributed by atoms with van der Waals surface area (Å²) >= 11 is 0. The van der Waals surface area contributed by atoms with Crippen LogP contribution in [0.3, 0.4) is 0 Å². The number of esters is 1. The first-order valence-electron chi connectivity index (χ1n) is 10.9. The second kappa shape index (κ2) is 10.8. The summed E-state index contributed by atoms with van der Waals surface area (Å²) in [5.41, 5.74) is 0.360. The fraction of sp³-hybridized carbons (Fsp3) is 0.391. The standard InChI is InChI=1S/C23H27N5O5/c1-31-20(29)17-10-9-16-13-19(17)33-12-6-5-11-32-14-18(15-7-3-2-4-8-15)25-22-26-21(24-16)27-23(30)28-22/h2-4,7,9-10,13,15,18H,5-6,8,11-12,14H2,1H3,(H3,24,25,26,27,28,30)/t15?,18-/m1/s1. The Morgan fingerprint density at radius 2 is 2.06 bits per heavy atom. The van der Waals surface area contributed by atoms with E-state index in [0.717, 1.165) is 19.3 Å². The van der Waals surface area contributed by atoms with Crippen molar-refractivity contribution in [2.24, 2.45) is 5.92 Å². The van der Waals surface area contributed by atoms with Gasteiger partial charge >= 0.3 is 11.7 Å². The molecule has 0 amide bonds. The highest BCUT2D eigenvalue weighted by atomic mass is 16.5. The first-order chi connectivity index (χ1) is 16.1. The summed E-state index contributed by atoms with van der Waals surface area (Å²) in [4.78, 5) is 35.3. The molecule has 174 valence electrons. The fourth-order valence-electron chi connectivity index (χ4n) is 3.68. The van der Waals surface area contributed by atoms with Crippen LogP contribution in [0.2, 0.25) is 0 Å². The number of fused-ring (bicyclic) bond motifs is 4. The number of aromatic amines is 1. The normalized spacial score (nSPS) is 20.8. The quantitative estimate of drug-likeness (QED) is 0.588. The highest BCUT2D eigenvalue weighted by molar-refractivity contribution is 5.93. The van der Waals surface area contributed by atoms with E-state index in [1.807, 2.05) is 12.2 Å². The van der Waals surface area contributed by atoms with Gasteiger partial charge in [-0.05, 0) is 31.4 Å². The summed E-state index contributed by atoms with van der Waals surface area (Å²) in [7, 11) is 1.32. The van der Waals surface area contributed by atoms with Crippen molar-refractivity contribution in [3.63, 3.8) is 0 Å². The van der Waals surface area contributed by atoms with Crippen LogP contribution in [-0.2, 0) is 9.47 Å². The number of allylic oxidation sites excluding steroid dienone is 3. The monoisotopic (exact) mass is 453 g/mol. The summed E-state index contributed by atoms with van der Waals surface area (Å²) in [6, 6.07) is 4.86. The Bertz CT molecular complexity index is 1100. The lowest BCUT2D eigenvalue weighted by atomic mass is 9.93. The molecule has 3 N–H and O–H groups in total. The molecule has 33 heavy (non-hydrogen) atoms. The van der Waals surface area contributed by atoms with E-state index >= 15 is 0 Å². The number of aromatic nitrogens is 3. The minimum atomic E-state index is -0.544. The molecule has 2 aromatic rings. The molecule has 0 saturated heterocycles. The van der Waals surface area contributed by atoms with Crippen molar-refractivity contribution in [2.75, 3.05) is 37.6 Å². The van der Waals surface area contributed by atoms with Crippen LogP contribution in [0.25, 0.3) is 0 Å². The zero-order valence-corrected chi connectivity index (χ0v) is 18.4. The molecule has 0 spiro atoms. The van der Waals surface area contributed by atoms with E-state index in [2.05, 4.69) is 37.7 Å². The van der Waals surface area contributed by atoms with Gasteiger partial charge in [0.2, 0.25) is 11.9 Å². The summed E-state index contributed by atoms with van der Waals surface area (Å²) in [5, 5.41) is 6.32. The topological polar surface area (TPSA) is 127 Å². The van der Waals surface area contributed by atoms with Gasteiger partial charge in [0.1, 0.15) is 11.3 Å². The molecule has 4 rings (SSSR count). The van der Waals surface area contributed by atoms with Crippen molar-refractivity contribution in [1.29, 1.82) is 0 Å². The van der Waals surface area contributed by atoms with Crippen molar-refractivity contribution >= 4 is 23.6 Å². The van der Waals surface area contributed by atoms with Gasteiger partial charge in [-0.2, -0.15) is 9.97 Å². The molecule has 10 heteroatoms. The van der Waals surface area contributed by atoms with E-state index in [1.165, 1.54) is 7.11 Å². The van der Waals surface area contributed by atoms with Crippen LogP contribution in [-0.4, -0.2) is 53.9 Å². The Labute approximate surface area is 191 Å². The van der Waals surface area contributed by atoms with Crippen molar-refractivity contribution in [2.45, 2.75) is 25.3 Å². The van der Waals surface area contributed by atoms with Gasteiger partial charge in [-0.3, -0.25) is 4.98 Å². The van der Waals surface area contributed by atoms with Gasteiger partial charge < -0.3 is 24.8 Å². The van der Waals surface area contributed by atoms with Crippen molar-refractivity contribution < 1.29 is 19.0 Å². The Morgan fingerprint density at radius 3 is 2.88 bits per heavy atom. The van der Waals surface area contributed by atoms with Crippen LogP contribution >= 0.6 is 0 Å². The van der Waals surface area contributed by atoms with E-state index < -0.39 is 11.7 Å². The Balaban J connectivity index is 1.64. The van der Waals surface area contributed by atoms with Crippen LogP contribution in [0.15, 0.2) is 47.3 Å². The van der Waals surface area contributed by atoms with Crippen LogP contribution in [0.5, 0.6) is 5.75 Å². The molecule has 0 radical (unpaired) electrons. The maximum Gasteiger partial charge on any atom is 0.351 e. The van der Waals surface area contributed by atoms with Gasteiger partial charge in [-0.25, -0.2) is 9.59 Å². The van der Waals surface area contributed by atoms with Crippen molar-refractivity contribution in [3.05, 3.63) is 58.6 Å². The Morgan fingerprint density at radius 1 is 1.18 bits per heavy atom. The van der Waals surface area contributed by atoms with Gasteiger partial charge in [0.15, 0.2) is 0 Å². The molecule has 2 aliphatic rings. The summed E-state index contributed by atoms with van der Waals surface area (Å²) < 4.78 is 16.6. The van der Waals surface area contributed by atoms with Gasteiger partial charge in [-0.1, -0.05) is 24.3 Å². The Hall–Kier alpha value is -3.66. The number of nitrogens with one attached hydrogen (secondary N) is 3. The molecule has 1 aliphatic heterocycles. The maximum absolute atomic E-state index is 12.2. The SMILES string of the molecule is COC(=O)c1ccc2cc1OCCCCOC[C@H](C1C=CC=CC1)Nc1nc([nH]c(=O)n1)N2. The zero-order valence-electron chi connectivity index (χ0n) is 18.4. The predicted molar refractivity (Wildman–Crippen MR) is 123 cm³/mol. The molecule has 10 nitrogen and oxygen atoms in total. The highest BCUT2D eigenvalue weighted by Crippen LogP contribution is 2.26. The van der Waals surface area contributed by atoms with Gasteiger partial charge in [0.05, 0.1) is 26.4 Å². The summed E-state index contributed by atoms with van der Waals surface area (Å²) in [6.07, 6.45) is 10.6. The number of nitrogens with zero attached hydrogens (tertiary/aromatic N) is 2. The van der Waals surface area contributed by atoms with Gasteiger partial charge in [0.25, 0.3) is 0 Å². The van der Waals surface area contributed by atoms with Crippen LogP contribution in [0.1, 0.15) is 29.6 Å². The summed E-state index contributed by atoms with van der Waals surface area (Å²) in [6.45, 7) is 1.41. The predicted octanol–water partition coefficient (Wildman–Crippen LogP) is 2.80. The third-order valence-corrected chi connectivity index (χ3v) is 5.38. The van der Waals surface area contributed by atoms with Crippen LogP contribution < -0.4 is 21.1 Å². The minimum absolute atomic E-state index is 0.101. The van der Waals surface area contributed by atoms with E-state index in [0.29, 0.717) is 36.8 Å². The second-order valence-corrected chi connectivity index (χ2v) is 7.75. The molecular weight excluding hydrogens is 426 g/mol. The van der Waals surface area contributed by atoms with Crippen molar-refractivity contribution in [3.8, 4) is 5.75 Å². The van der Waals surface area contributed by atoms with Gasteiger partial charge in [-0.15, -0.1) is 0 Å². The molecule has 1 aromatic heterocycles. The lowest BCUT2D eigenvalue weighted by Crippen LogP contribution is -2.35. The number of hydrogen-bond acceptors (Lipinski definition) is 9. The molecule has 1 aromatic carbocycles. The third kappa shape index (κ3) is 5.98. The van der Waals surface area contributed by atoms with E-state index in [9.17, 15) is 9.59 Å². The van der Waals surface area contributed by atoms with E-state index in [-0.39, 0.29) is 23.9 Å². The smallest absolute Gasteiger partial charge is 0.351 e. The fourth-order valence-corrected chi connectivity index (χ4v) is 3.68. The number of H-pyrrole nitrogens is 1. The molecule has 0 fully saturated rings. The summed E-state index contributed by atoms with van der Waals surface area (Å²) in [5.74, 6) is 0.485. The van der Waals surface area contributed by atoms with Crippen LogP contribution in [0.4, 0.5) is 17.6 Å². The molecule has 0 saturated carbocycles. The molecule has 2 atom stereocenters. The van der Waals surface area contributed by atoms with E-state index in [1.54, 1.807) is 18.2 Å². The number of hydrogen-bond donors (Lipinski definition) is 3. The number of rotatable bonds is 2. The average Bonchev–Trinajstić information content (AvgIpc) is 2.82.